The Bertz CT molecular complexity index is 1890. The van der Waals surface area contributed by atoms with Crippen LogP contribution in [0.1, 0.15) is 426 Å². The van der Waals surface area contributed by atoms with Crippen LogP contribution in [-0.2, 0) is 65.4 Å². The van der Waals surface area contributed by atoms with E-state index in [0.29, 0.717) is 25.7 Å². The molecule has 0 fully saturated rings. The minimum absolute atomic E-state index is 0.107. The van der Waals surface area contributed by atoms with Crippen molar-refractivity contribution in [3.05, 3.63) is 0 Å². The third-order valence-corrected chi connectivity index (χ3v) is 20.7. The first-order chi connectivity index (χ1) is 48.0. The highest BCUT2D eigenvalue weighted by Gasteiger charge is 2.30. The van der Waals surface area contributed by atoms with Crippen LogP contribution in [0.15, 0.2) is 0 Å². The van der Waals surface area contributed by atoms with Crippen LogP contribution in [0, 0.1) is 5.92 Å². The first kappa shape index (κ1) is 97.1. The highest BCUT2D eigenvalue weighted by atomic mass is 31.2. The number of unbranched alkanes of at least 4 members (excludes halogenated alkanes) is 52. The van der Waals surface area contributed by atoms with Gasteiger partial charge in [0.15, 0.2) is 12.2 Å². The zero-order valence-electron chi connectivity index (χ0n) is 64.6. The number of carbonyl (C=O) groups excluding carboxylic acids is 4. The zero-order chi connectivity index (χ0) is 72.7. The predicted molar refractivity (Wildman–Crippen MR) is 405 cm³/mol. The molecule has 0 amide bonds. The van der Waals surface area contributed by atoms with E-state index >= 15 is 0 Å². The van der Waals surface area contributed by atoms with Crippen molar-refractivity contribution < 1.29 is 80.2 Å². The molecule has 0 saturated carbocycles. The molecule has 0 spiro atoms. The minimum atomic E-state index is -4.96. The second-order valence-electron chi connectivity index (χ2n) is 29.3. The second-order valence-corrected chi connectivity index (χ2v) is 32.2. The number of ether oxygens (including phenoxy) is 4. The Morgan fingerprint density at radius 2 is 0.465 bits per heavy atom. The number of hydrogen-bond donors (Lipinski definition) is 3. The van der Waals surface area contributed by atoms with Gasteiger partial charge in [0.2, 0.25) is 0 Å². The monoisotopic (exact) mass is 1450 g/mol. The number of phosphoric ester groups is 2. The standard InChI is InChI=1S/C80H156O17P2/c1-6-9-12-15-17-19-21-23-25-27-29-31-33-38-42-46-50-55-61-66-80(85)97-76(70-91-78(83)64-59-54-49-45-41-37-32-30-28-26-24-22-20-18-16-13-10-7-2)72-95-99(88,89)93-68-74(81)67-92-98(86,87)94-71-75(69-90-77(82)63-58-52-14-11-8-3)96-79(84)65-60-56-51-47-43-39-35-34-36-40-44-48-53-57-62-73(4)5/h73-76,81H,6-72H2,1-5H3,(H,86,87)(H,88,89)/t74-,75+,76+/m0/s1. The van der Waals surface area contributed by atoms with Crippen molar-refractivity contribution in [3.8, 4) is 0 Å². The van der Waals surface area contributed by atoms with E-state index in [-0.39, 0.29) is 25.7 Å². The molecule has 0 radical (unpaired) electrons. The molecule has 17 nitrogen and oxygen atoms in total. The summed E-state index contributed by atoms with van der Waals surface area (Å²) >= 11 is 0. The van der Waals surface area contributed by atoms with Gasteiger partial charge in [-0.25, -0.2) is 9.13 Å². The van der Waals surface area contributed by atoms with E-state index in [1.54, 1.807) is 0 Å². The van der Waals surface area contributed by atoms with Gasteiger partial charge < -0.3 is 33.8 Å². The van der Waals surface area contributed by atoms with Crippen molar-refractivity contribution in [1.29, 1.82) is 0 Å². The van der Waals surface area contributed by atoms with E-state index in [1.807, 2.05) is 0 Å². The quantitative estimate of drug-likeness (QED) is 0.0222. The predicted octanol–water partition coefficient (Wildman–Crippen LogP) is 24.0. The second kappa shape index (κ2) is 73.0. The van der Waals surface area contributed by atoms with Crippen molar-refractivity contribution in [2.75, 3.05) is 39.6 Å². The molecule has 0 bridgehead atoms. The van der Waals surface area contributed by atoms with Crippen molar-refractivity contribution in [3.63, 3.8) is 0 Å². The Balaban J connectivity index is 5.12. The number of rotatable bonds is 80. The summed E-state index contributed by atoms with van der Waals surface area (Å²) in [5.41, 5.74) is 0. The van der Waals surface area contributed by atoms with E-state index in [1.165, 1.54) is 244 Å². The molecular weight excluding hydrogens is 1290 g/mol. The molecule has 99 heavy (non-hydrogen) atoms. The van der Waals surface area contributed by atoms with Crippen LogP contribution in [0.4, 0.5) is 0 Å². The van der Waals surface area contributed by atoms with Crippen LogP contribution in [-0.4, -0.2) is 96.7 Å². The van der Waals surface area contributed by atoms with Crippen molar-refractivity contribution in [2.24, 2.45) is 5.92 Å². The maximum Gasteiger partial charge on any atom is 0.472 e. The average molecular weight is 1450 g/mol. The van der Waals surface area contributed by atoms with Gasteiger partial charge in [0.05, 0.1) is 26.4 Å². The maximum absolute atomic E-state index is 13.1. The SMILES string of the molecule is CCCCCCCCCCCCCCCCCCCCCC(=O)O[C@H](COC(=O)CCCCCCCCCCCCCCCCCCCC)COP(=O)(O)OC[C@@H](O)COP(=O)(O)OC[C@@H](COC(=O)CCCCCCC)OC(=O)CCCCCCCCCCCCCCCCC(C)C. The average Bonchev–Trinajstić information content (AvgIpc) is 1.01. The van der Waals surface area contributed by atoms with Crippen molar-refractivity contribution in [2.45, 2.75) is 445 Å². The number of aliphatic hydroxyl groups excluding tert-OH is 1. The minimum Gasteiger partial charge on any atom is -0.462 e. The lowest BCUT2D eigenvalue weighted by Gasteiger charge is -2.21. The molecule has 0 heterocycles. The first-order valence-corrected chi connectivity index (χ1v) is 44.6. The molecule has 19 heteroatoms. The lowest BCUT2D eigenvalue weighted by Crippen LogP contribution is -2.30. The van der Waals surface area contributed by atoms with Gasteiger partial charge in [-0.3, -0.25) is 37.3 Å². The van der Waals surface area contributed by atoms with Gasteiger partial charge in [-0.1, -0.05) is 375 Å². The molecule has 2 unspecified atom stereocenters. The van der Waals surface area contributed by atoms with Crippen LogP contribution in [0.3, 0.4) is 0 Å². The highest BCUT2D eigenvalue weighted by molar-refractivity contribution is 7.47. The van der Waals surface area contributed by atoms with Crippen LogP contribution in [0.5, 0.6) is 0 Å². The fourth-order valence-corrected chi connectivity index (χ4v) is 14.0. The van der Waals surface area contributed by atoms with Gasteiger partial charge in [-0.05, 0) is 31.6 Å². The summed E-state index contributed by atoms with van der Waals surface area (Å²) in [6.07, 6.45) is 64.3. The summed E-state index contributed by atoms with van der Waals surface area (Å²) in [4.78, 5) is 72.7. The van der Waals surface area contributed by atoms with Gasteiger partial charge in [-0.15, -0.1) is 0 Å². The summed E-state index contributed by atoms with van der Waals surface area (Å²) in [5, 5.41) is 10.6. The molecule has 3 N–H and O–H groups in total. The molecule has 0 aliphatic rings. The summed E-state index contributed by atoms with van der Waals surface area (Å²) in [6.45, 7) is 7.26. The van der Waals surface area contributed by atoms with Gasteiger partial charge in [-0.2, -0.15) is 0 Å². The van der Waals surface area contributed by atoms with E-state index < -0.39 is 97.5 Å². The van der Waals surface area contributed by atoms with E-state index in [0.717, 1.165) is 102 Å². The highest BCUT2D eigenvalue weighted by Crippen LogP contribution is 2.45. The Kier molecular flexibility index (Phi) is 71.6. The van der Waals surface area contributed by atoms with Gasteiger partial charge in [0.25, 0.3) is 0 Å². The fraction of sp³-hybridized carbons (Fsp3) is 0.950. The summed E-state index contributed by atoms with van der Waals surface area (Å²) < 4.78 is 68.5. The molecule has 0 aromatic rings. The van der Waals surface area contributed by atoms with Crippen molar-refractivity contribution >= 4 is 39.5 Å². The van der Waals surface area contributed by atoms with Gasteiger partial charge in [0, 0.05) is 25.7 Å². The van der Waals surface area contributed by atoms with E-state index in [4.69, 9.17) is 37.0 Å². The smallest absolute Gasteiger partial charge is 0.462 e. The summed E-state index contributed by atoms with van der Waals surface area (Å²) in [5.74, 6) is -1.32. The lowest BCUT2D eigenvalue weighted by atomic mass is 10.0. The first-order valence-electron chi connectivity index (χ1n) is 41.6. The Morgan fingerprint density at radius 3 is 0.687 bits per heavy atom. The van der Waals surface area contributed by atoms with Crippen LogP contribution >= 0.6 is 15.6 Å². The maximum atomic E-state index is 13.1. The Hall–Kier alpha value is -1.94. The van der Waals surface area contributed by atoms with Crippen LogP contribution < -0.4 is 0 Å². The van der Waals surface area contributed by atoms with E-state index in [2.05, 4.69) is 34.6 Å². The molecule has 0 aliphatic heterocycles. The Morgan fingerprint density at radius 1 is 0.273 bits per heavy atom. The number of aliphatic hydroxyl groups is 1. The molecule has 0 aromatic carbocycles. The fourth-order valence-electron chi connectivity index (χ4n) is 12.4. The molecule has 0 aliphatic carbocycles. The molecule has 5 atom stereocenters. The lowest BCUT2D eigenvalue weighted by molar-refractivity contribution is -0.161. The van der Waals surface area contributed by atoms with Crippen LogP contribution in [0.2, 0.25) is 0 Å². The molecular formula is C80H156O17P2. The third kappa shape index (κ3) is 74.1. The molecule has 0 aromatic heterocycles. The molecule has 0 saturated heterocycles. The number of esters is 4. The Labute approximate surface area is 607 Å². The number of carbonyl (C=O) groups is 4. The topological polar surface area (TPSA) is 237 Å². The molecule has 588 valence electrons. The zero-order valence-corrected chi connectivity index (χ0v) is 66.4. The summed E-state index contributed by atoms with van der Waals surface area (Å²) in [6, 6.07) is 0. The van der Waals surface area contributed by atoms with E-state index in [9.17, 15) is 43.2 Å². The summed E-state index contributed by atoms with van der Waals surface area (Å²) in [7, 11) is -9.91. The third-order valence-electron chi connectivity index (χ3n) is 18.8. The number of hydrogen-bond acceptors (Lipinski definition) is 15. The van der Waals surface area contributed by atoms with Crippen molar-refractivity contribution in [1.82, 2.24) is 0 Å². The van der Waals surface area contributed by atoms with Gasteiger partial charge >= 0.3 is 39.5 Å². The molecule has 0 rings (SSSR count). The largest absolute Gasteiger partial charge is 0.472 e. The number of phosphoric acid groups is 2. The normalized spacial score (nSPS) is 13.9. The van der Waals surface area contributed by atoms with Gasteiger partial charge in [0.1, 0.15) is 19.3 Å². The van der Waals surface area contributed by atoms with Crippen LogP contribution in [0.25, 0.3) is 0 Å².